The quantitative estimate of drug-likeness (QED) is 0.812. The lowest BCUT2D eigenvalue weighted by Gasteiger charge is -2.16. The molecule has 0 aliphatic carbocycles. The molecule has 0 spiro atoms. The summed E-state index contributed by atoms with van der Waals surface area (Å²) in [6.07, 6.45) is -4.67. The zero-order valence-corrected chi connectivity index (χ0v) is 8.07. The number of alkyl halides is 3. The van der Waals surface area contributed by atoms with Gasteiger partial charge >= 0.3 is 6.18 Å². The first kappa shape index (κ1) is 10.9. The highest BCUT2D eigenvalue weighted by Crippen LogP contribution is 2.35. The van der Waals surface area contributed by atoms with Crippen LogP contribution >= 0.6 is 0 Å². The molecular weight excluding hydrogens is 219 g/mol. The van der Waals surface area contributed by atoms with E-state index in [4.69, 9.17) is 0 Å². The molecule has 0 aliphatic heterocycles. The molecule has 1 aromatic carbocycles. The van der Waals surface area contributed by atoms with E-state index in [9.17, 15) is 18.3 Å². The Balaban J connectivity index is 2.61. The third kappa shape index (κ3) is 1.86. The lowest BCUT2D eigenvalue weighted by molar-refractivity contribution is -0.206. The topological polar surface area (TPSA) is 33.1 Å². The van der Waals surface area contributed by atoms with Crippen molar-refractivity contribution in [2.24, 2.45) is 0 Å². The van der Waals surface area contributed by atoms with E-state index in [0.717, 1.165) is 6.20 Å². The van der Waals surface area contributed by atoms with Gasteiger partial charge in [0.05, 0.1) is 0 Å². The second-order valence-corrected chi connectivity index (χ2v) is 3.39. The van der Waals surface area contributed by atoms with Crippen LogP contribution in [0, 0.1) is 0 Å². The molecule has 1 atom stereocenters. The van der Waals surface area contributed by atoms with E-state index in [-0.39, 0.29) is 5.56 Å². The number of rotatable bonds is 1. The van der Waals surface area contributed by atoms with E-state index in [2.05, 4.69) is 4.98 Å². The molecule has 1 aromatic heterocycles. The standard InChI is InChI=1S/C11H8F3NO/c12-11(13,14)10(16)9-6-15-5-7-3-1-2-4-8(7)9/h1-6,10,16H/t10-/m0/s1. The number of aliphatic hydroxyl groups excluding tert-OH is 1. The van der Waals surface area contributed by atoms with E-state index >= 15 is 0 Å². The van der Waals surface area contributed by atoms with E-state index in [1.165, 1.54) is 12.3 Å². The van der Waals surface area contributed by atoms with Crippen molar-refractivity contribution < 1.29 is 18.3 Å². The van der Waals surface area contributed by atoms with Crippen molar-refractivity contribution in [2.75, 3.05) is 0 Å². The molecular formula is C11H8F3NO. The first-order chi connectivity index (χ1) is 7.50. The Morgan fingerprint density at radius 2 is 1.81 bits per heavy atom. The van der Waals surface area contributed by atoms with Crippen LogP contribution in [0.2, 0.25) is 0 Å². The van der Waals surface area contributed by atoms with Crippen LogP contribution in [-0.2, 0) is 0 Å². The zero-order valence-electron chi connectivity index (χ0n) is 8.07. The number of hydrogen-bond acceptors (Lipinski definition) is 2. The van der Waals surface area contributed by atoms with Gasteiger partial charge in [0.2, 0.25) is 0 Å². The molecule has 0 radical (unpaired) electrons. The van der Waals surface area contributed by atoms with Crippen LogP contribution in [0.5, 0.6) is 0 Å². The van der Waals surface area contributed by atoms with Gasteiger partial charge in [0.1, 0.15) is 0 Å². The molecule has 0 bridgehead atoms. The Hall–Kier alpha value is -1.62. The third-order valence-electron chi connectivity index (χ3n) is 2.30. The molecule has 5 heteroatoms. The molecule has 0 fully saturated rings. The lowest BCUT2D eigenvalue weighted by atomic mass is 10.0. The van der Waals surface area contributed by atoms with Gasteiger partial charge in [-0.25, -0.2) is 0 Å². The number of pyridine rings is 1. The summed E-state index contributed by atoms with van der Waals surface area (Å²) in [5.41, 5.74) is -0.217. The van der Waals surface area contributed by atoms with Gasteiger partial charge in [-0.1, -0.05) is 24.3 Å². The zero-order chi connectivity index (χ0) is 11.8. The minimum Gasteiger partial charge on any atom is -0.379 e. The Morgan fingerprint density at radius 3 is 2.50 bits per heavy atom. The van der Waals surface area contributed by atoms with Crippen molar-refractivity contribution in [2.45, 2.75) is 12.3 Å². The summed E-state index contributed by atoms with van der Waals surface area (Å²) in [4.78, 5) is 3.69. The van der Waals surface area contributed by atoms with Crippen molar-refractivity contribution >= 4 is 10.8 Å². The molecule has 2 nitrogen and oxygen atoms in total. The lowest BCUT2D eigenvalue weighted by Crippen LogP contribution is -2.20. The second-order valence-electron chi connectivity index (χ2n) is 3.39. The van der Waals surface area contributed by atoms with Crippen molar-refractivity contribution in [3.8, 4) is 0 Å². The van der Waals surface area contributed by atoms with E-state index in [1.807, 2.05) is 0 Å². The number of fused-ring (bicyclic) bond motifs is 1. The van der Waals surface area contributed by atoms with Crippen LogP contribution < -0.4 is 0 Å². The molecule has 0 aliphatic rings. The van der Waals surface area contributed by atoms with E-state index in [1.54, 1.807) is 18.2 Å². The molecule has 0 unspecified atom stereocenters. The average Bonchev–Trinajstić information content (AvgIpc) is 2.26. The summed E-state index contributed by atoms with van der Waals surface area (Å²) < 4.78 is 37.2. The largest absolute Gasteiger partial charge is 0.418 e. The van der Waals surface area contributed by atoms with Gasteiger partial charge in [0, 0.05) is 23.3 Å². The number of hydrogen-bond donors (Lipinski definition) is 1. The van der Waals surface area contributed by atoms with Gasteiger partial charge in [0.25, 0.3) is 0 Å². The fourth-order valence-electron chi connectivity index (χ4n) is 1.53. The Kier molecular flexibility index (Phi) is 2.55. The van der Waals surface area contributed by atoms with Gasteiger partial charge in [-0.05, 0) is 5.39 Å². The van der Waals surface area contributed by atoms with Gasteiger partial charge in [-0.15, -0.1) is 0 Å². The SMILES string of the molecule is O[C@@H](c1cncc2ccccc12)C(F)(F)F. The predicted molar refractivity (Wildman–Crippen MR) is 52.8 cm³/mol. The third-order valence-corrected chi connectivity index (χ3v) is 2.30. The summed E-state index contributed by atoms with van der Waals surface area (Å²) in [6.45, 7) is 0. The van der Waals surface area contributed by atoms with E-state index in [0.29, 0.717) is 10.8 Å². The summed E-state index contributed by atoms with van der Waals surface area (Å²) in [5, 5.41) is 10.1. The summed E-state index contributed by atoms with van der Waals surface area (Å²) in [7, 11) is 0. The summed E-state index contributed by atoms with van der Waals surface area (Å²) in [6, 6.07) is 6.50. The van der Waals surface area contributed by atoms with Crippen LogP contribution in [0.25, 0.3) is 10.8 Å². The summed E-state index contributed by atoms with van der Waals surface area (Å²) in [5.74, 6) is 0. The van der Waals surface area contributed by atoms with Gasteiger partial charge in [0.15, 0.2) is 6.10 Å². The van der Waals surface area contributed by atoms with E-state index < -0.39 is 12.3 Å². The molecule has 16 heavy (non-hydrogen) atoms. The molecule has 1 heterocycles. The van der Waals surface area contributed by atoms with Crippen LogP contribution in [0.1, 0.15) is 11.7 Å². The molecule has 84 valence electrons. The van der Waals surface area contributed by atoms with Gasteiger partial charge in [-0.3, -0.25) is 4.98 Å². The van der Waals surface area contributed by atoms with Crippen LogP contribution in [0.15, 0.2) is 36.7 Å². The van der Waals surface area contributed by atoms with Crippen molar-refractivity contribution in [1.29, 1.82) is 0 Å². The molecule has 2 aromatic rings. The number of nitrogens with zero attached hydrogens (tertiary/aromatic N) is 1. The van der Waals surface area contributed by atoms with Crippen molar-refractivity contribution in [3.05, 3.63) is 42.2 Å². The molecule has 0 amide bonds. The maximum absolute atomic E-state index is 12.4. The first-order valence-electron chi connectivity index (χ1n) is 4.57. The first-order valence-corrected chi connectivity index (χ1v) is 4.57. The van der Waals surface area contributed by atoms with Crippen LogP contribution in [0.4, 0.5) is 13.2 Å². The maximum atomic E-state index is 12.4. The van der Waals surface area contributed by atoms with Gasteiger partial charge in [-0.2, -0.15) is 13.2 Å². The Morgan fingerprint density at radius 1 is 1.12 bits per heavy atom. The summed E-state index contributed by atoms with van der Waals surface area (Å²) >= 11 is 0. The monoisotopic (exact) mass is 227 g/mol. The van der Waals surface area contributed by atoms with Crippen LogP contribution in [-0.4, -0.2) is 16.3 Å². The number of aromatic nitrogens is 1. The smallest absolute Gasteiger partial charge is 0.379 e. The normalized spacial score (nSPS) is 14.0. The number of aliphatic hydroxyl groups is 1. The Labute approximate surface area is 89.4 Å². The van der Waals surface area contributed by atoms with Crippen molar-refractivity contribution in [1.82, 2.24) is 4.98 Å². The number of benzene rings is 1. The fourth-order valence-corrected chi connectivity index (χ4v) is 1.53. The minimum atomic E-state index is -4.67. The fraction of sp³-hybridized carbons (Fsp3) is 0.182. The molecule has 1 N–H and O–H groups in total. The second kappa shape index (κ2) is 3.75. The minimum absolute atomic E-state index is 0.217. The van der Waals surface area contributed by atoms with Gasteiger partial charge < -0.3 is 5.11 Å². The maximum Gasteiger partial charge on any atom is 0.418 e. The molecule has 0 saturated carbocycles. The highest BCUT2D eigenvalue weighted by atomic mass is 19.4. The predicted octanol–water partition coefficient (Wildman–Crippen LogP) is 2.83. The molecule has 2 rings (SSSR count). The average molecular weight is 227 g/mol. The highest BCUT2D eigenvalue weighted by Gasteiger charge is 2.40. The highest BCUT2D eigenvalue weighted by molar-refractivity contribution is 5.84. The van der Waals surface area contributed by atoms with Crippen LogP contribution in [0.3, 0.4) is 0 Å². The molecule has 0 saturated heterocycles. The Bertz CT molecular complexity index is 505. The number of halogens is 3. The van der Waals surface area contributed by atoms with Crippen molar-refractivity contribution in [3.63, 3.8) is 0 Å².